The van der Waals surface area contributed by atoms with E-state index in [2.05, 4.69) is 15.9 Å². The van der Waals surface area contributed by atoms with Gasteiger partial charge in [0.1, 0.15) is 5.75 Å². The summed E-state index contributed by atoms with van der Waals surface area (Å²) in [7, 11) is 3.78. The highest BCUT2D eigenvalue weighted by atomic mass is 79.9. The lowest BCUT2D eigenvalue weighted by Gasteiger charge is -2.14. The van der Waals surface area contributed by atoms with Crippen molar-refractivity contribution < 1.29 is 18.3 Å². The molecule has 0 atom stereocenters. The first kappa shape index (κ1) is 15.3. The molecule has 0 amide bonds. The Morgan fingerprint density at radius 1 is 1.28 bits per heavy atom. The van der Waals surface area contributed by atoms with E-state index in [1.54, 1.807) is 0 Å². The van der Waals surface area contributed by atoms with Crippen LogP contribution in [0.5, 0.6) is 5.75 Å². The Kier molecular flexibility index (Phi) is 5.04. The zero-order chi connectivity index (χ0) is 13.9. The van der Waals surface area contributed by atoms with E-state index in [1.807, 2.05) is 19.0 Å². The minimum absolute atomic E-state index is 0.318. The molecule has 1 aromatic carbocycles. The van der Waals surface area contributed by atoms with E-state index in [9.17, 15) is 18.3 Å². The number of phenolic OH excluding ortho intramolecular Hbond substituents is 1. The maximum absolute atomic E-state index is 12.7. The molecule has 102 valence electrons. The number of alkyl halides is 3. The van der Waals surface area contributed by atoms with Gasteiger partial charge in [-0.3, -0.25) is 0 Å². The highest BCUT2D eigenvalue weighted by Crippen LogP contribution is 2.39. The van der Waals surface area contributed by atoms with Gasteiger partial charge in [0.05, 0.1) is 5.56 Å². The quantitative estimate of drug-likeness (QED) is 0.913. The largest absolute Gasteiger partial charge is 0.507 e. The molecule has 0 saturated carbocycles. The Morgan fingerprint density at radius 3 is 2.39 bits per heavy atom. The van der Waals surface area contributed by atoms with Crippen LogP contribution in [0, 0.1) is 0 Å². The molecule has 0 aliphatic heterocycles. The van der Waals surface area contributed by atoms with Gasteiger partial charge in [-0.1, -0.05) is 15.9 Å². The van der Waals surface area contributed by atoms with Gasteiger partial charge in [-0.25, -0.2) is 0 Å². The maximum Gasteiger partial charge on any atom is 0.420 e. The Hall–Kier alpha value is -0.750. The topological polar surface area (TPSA) is 23.5 Å². The third kappa shape index (κ3) is 4.17. The van der Waals surface area contributed by atoms with Crippen LogP contribution in [0.15, 0.2) is 16.6 Å². The standard InChI is InChI=1S/C12H15BrF3NO/c1-17(2)5-3-4-8-6-9(13)7-10(11(8)18)12(14,15)16/h6-7,18H,3-5H2,1-2H3. The maximum atomic E-state index is 12.7. The van der Waals surface area contributed by atoms with Crippen molar-refractivity contribution in [3.63, 3.8) is 0 Å². The van der Waals surface area contributed by atoms with Gasteiger partial charge in [0.2, 0.25) is 0 Å². The molecule has 0 unspecified atom stereocenters. The SMILES string of the molecule is CN(C)CCCc1cc(Br)cc(C(F)(F)F)c1O. The van der Waals surface area contributed by atoms with Crippen molar-refractivity contribution in [1.29, 1.82) is 0 Å². The van der Waals surface area contributed by atoms with Crippen molar-refractivity contribution in [3.8, 4) is 5.75 Å². The van der Waals surface area contributed by atoms with Crippen molar-refractivity contribution >= 4 is 15.9 Å². The fourth-order valence-corrected chi connectivity index (χ4v) is 2.15. The Labute approximate surface area is 113 Å². The molecule has 0 aliphatic carbocycles. The van der Waals surface area contributed by atoms with Crippen LogP contribution in [0.25, 0.3) is 0 Å². The molecule has 1 N–H and O–H groups in total. The average Bonchev–Trinajstić information content (AvgIpc) is 2.20. The van der Waals surface area contributed by atoms with Gasteiger partial charge >= 0.3 is 6.18 Å². The van der Waals surface area contributed by atoms with E-state index in [1.165, 1.54) is 6.07 Å². The lowest BCUT2D eigenvalue weighted by molar-refractivity contribution is -0.138. The number of aryl methyl sites for hydroxylation is 1. The van der Waals surface area contributed by atoms with Gasteiger partial charge in [0, 0.05) is 4.47 Å². The van der Waals surface area contributed by atoms with Crippen LogP contribution >= 0.6 is 15.9 Å². The van der Waals surface area contributed by atoms with Crippen LogP contribution in [0.2, 0.25) is 0 Å². The van der Waals surface area contributed by atoms with E-state index in [0.717, 1.165) is 12.6 Å². The number of halogens is 4. The molecule has 0 aliphatic rings. The van der Waals surface area contributed by atoms with Gasteiger partial charge in [0.15, 0.2) is 0 Å². The second-order valence-electron chi connectivity index (χ2n) is 4.37. The summed E-state index contributed by atoms with van der Waals surface area (Å²) < 4.78 is 38.3. The first-order valence-corrected chi connectivity index (χ1v) is 6.24. The molecule has 0 bridgehead atoms. The number of aromatic hydroxyl groups is 1. The normalized spacial score (nSPS) is 12.2. The Balaban J connectivity index is 2.95. The number of hydrogen-bond donors (Lipinski definition) is 1. The molecule has 0 saturated heterocycles. The predicted octanol–water partition coefficient (Wildman–Crippen LogP) is 3.67. The average molecular weight is 326 g/mol. The summed E-state index contributed by atoms with van der Waals surface area (Å²) in [5.41, 5.74) is -0.671. The molecular weight excluding hydrogens is 311 g/mol. The molecule has 0 heterocycles. The third-order valence-corrected chi connectivity index (χ3v) is 2.97. The summed E-state index contributed by atoms with van der Waals surface area (Å²) in [6.07, 6.45) is -3.44. The van der Waals surface area contributed by atoms with Gasteiger partial charge in [-0.05, 0) is 51.2 Å². The van der Waals surface area contributed by atoms with Gasteiger partial charge < -0.3 is 10.0 Å². The Morgan fingerprint density at radius 2 is 1.89 bits per heavy atom. The van der Waals surface area contributed by atoms with Crippen molar-refractivity contribution in [2.24, 2.45) is 0 Å². The van der Waals surface area contributed by atoms with Crippen molar-refractivity contribution in [3.05, 3.63) is 27.7 Å². The van der Waals surface area contributed by atoms with E-state index in [4.69, 9.17) is 0 Å². The summed E-state index contributed by atoms with van der Waals surface area (Å²) >= 11 is 3.04. The van der Waals surface area contributed by atoms with Crippen LogP contribution in [-0.4, -0.2) is 30.6 Å². The van der Waals surface area contributed by atoms with Gasteiger partial charge in [-0.2, -0.15) is 13.2 Å². The molecule has 0 radical (unpaired) electrons. The van der Waals surface area contributed by atoms with E-state index >= 15 is 0 Å². The minimum Gasteiger partial charge on any atom is -0.507 e. The minimum atomic E-state index is -4.54. The molecular formula is C12H15BrF3NO. The fraction of sp³-hybridized carbons (Fsp3) is 0.500. The first-order chi connectivity index (χ1) is 8.21. The number of nitrogens with zero attached hydrogens (tertiary/aromatic N) is 1. The predicted molar refractivity (Wildman–Crippen MR) is 67.7 cm³/mol. The van der Waals surface area contributed by atoms with E-state index in [0.29, 0.717) is 22.9 Å². The summed E-state index contributed by atoms with van der Waals surface area (Å²) in [6.45, 7) is 0.757. The Bertz CT molecular complexity index is 419. The van der Waals surface area contributed by atoms with Gasteiger partial charge in [-0.15, -0.1) is 0 Å². The second kappa shape index (κ2) is 5.93. The smallest absolute Gasteiger partial charge is 0.420 e. The highest BCUT2D eigenvalue weighted by molar-refractivity contribution is 9.10. The van der Waals surface area contributed by atoms with Crippen LogP contribution in [0.1, 0.15) is 17.5 Å². The van der Waals surface area contributed by atoms with Crippen molar-refractivity contribution in [2.75, 3.05) is 20.6 Å². The molecule has 6 heteroatoms. The molecule has 0 aromatic heterocycles. The highest BCUT2D eigenvalue weighted by Gasteiger charge is 2.35. The lowest BCUT2D eigenvalue weighted by atomic mass is 10.0. The monoisotopic (exact) mass is 325 g/mol. The number of hydrogen-bond acceptors (Lipinski definition) is 2. The third-order valence-electron chi connectivity index (χ3n) is 2.51. The summed E-state index contributed by atoms with van der Waals surface area (Å²) in [4.78, 5) is 1.94. The number of rotatable bonds is 4. The molecule has 18 heavy (non-hydrogen) atoms. The number of benzene rings is 1. The van der Waals surface area contributed by atoms with E-state index < -0.39 is 17.5 Å². The van der Waals surface area contributed by atoms with Crippen LogP contribution in [-0.2, 0) is 12.6 Å². The second-order valence-corrected chi connectivity index (χ2v) is 5.28. The zero-order valence-corrected chi connectivity index (χ0v) is 11.8. The fourth-order valence-electron chi connectivity index (χ4n) is 1.65. The summed E-state index contributed by atoms with van der Waals surface area (Å²) in [5.74, 6) is -0.663. The number of phenols is 1. The van der Waals surface area contributed by atoms with Crippen molar-refractivity contribution in [1.82, 2.24) is 4.90 Å². The summed E-state index contributed by atoms with van der Waals surface area (Å²) in [6, 6.07) is 2.42. The van der Waals surface area contributed by atoms with Crippen LogP contribution in [0.3, 0.4) is 0 Å². The molecule has 1 aromatic rings. The molecule has 0 fully saturated rings. The van der Waals surface area contributed by atoms with Crippen LogP contribution in [0.4, 0.5) is 13.2 Å². The molecule has 1 rings (SSSR count). The zero-order valence-electron chi connectivity index (χ0n) is 10.2. The van der Waals surface area contributed by atoms with Gasteiger partial charge in [0.25, 0.3) is 0 Å². The first-order valence-electron chi connectivity index (χ1n) is 5.45. The molecule has 0 spiro atoms. The summed E-state index contributed by atoms with van der Waals surface area (Å²) in [5, 5.41) is 9.66. The van der Waals surface area contributed by atoms with E-state index in [-0.39, 0.29) is 0 Å². The lowest BCUT2D eigenvalue weighted by Crippen LogP contribution is -2.14. The van der Waals surface area contributed by atoms with Crippen molar-refractivity contribution in [2.45, 2.75) is 19.0 Å². The molecule has 2 nitrogen and oxygen atoms in total. The van der Waals surface area contributed by atoms with Crippen LogP contribution < -0.4 is 0 Å².